The standard InChI is InChI=1S/C22H22N2O6/c1-28-16-9-7-14(8-10-16)21(26)30-13-20(25)24-19(22(27)29-2)11-15-12-23-18-6-4-3-5-17(15)18/h3-10,12,19,23H,11,13H2,1-2H3,(H,24,25)/t19-/m0/s1. The van der Waals surface area contributed by atoms with Crippen molar-refractivity contribution in [2.24, 2.45) is 0 Å². The number of esters is 2. The maximum Gasteiger partial charge on any atom is 0.338 e. The summed E-state index contributed by atoms with van der Waals surface area (Å²) in [6.07, 6.45) is 2.02. The quantitative estimate of drug-likeness (QED) is 0.552. The van der Waals surface area contributed by atoms with Crippen LogP contribution >= 0.6 is 0 Å². The van der Waals surface area contributed by atoms with Crippen LogP contribution in [0.25, 0.3) is 10.9 Å². The lowest BCUT2D eigenvalue weighted by molar-refractivity contribution is -0.145. The minimum absolute atomic E-state index is 0.231. The van der Waals surface area contributed by atoms with Gasteiger partial charge in [0.05, 0.1) is 19.8 Å². The highest BCUT2D eigenvalue weighted by molar-refractivity contribution is 5.92. The lowest BCUT2D eigenvalue weighted by Gasteiger charge is -2.16. The number of para-hydroxylation sites is 1. The first-order valence-electron chi connectivity index (χ1n) is 9.25. The molecule has 3 aromatic rings. The normalized spacial score (nSPS) is 11.5. The number of carbonyl (C=O) groups is 3. The first kappa shape index (κ1) is 20.9. The smallest absolute Gasteiger partial charge is 0.338 e. The van der Waals surface area contributed by atoms with Gasteiger partial charge in [-0.1, -0.05) is 18.2 Å². The monoisotopic (exact) mass is 410 g/mol. The number of hydrogen-bond acceptors (Lipinski definition) is 6. The van der Waals surface area contributed by atoms with Crippen LogP contribution in [0.5, 0.6) is 5.75 Å². The third kappa shape index (κ3) is 4.96. The molecule has 8 nitrogen and oxygen atoms in total. The molecule has 1 atom stereocenters. The van der Waals surface area contributed by atoms with Crippen LogP contribution in [0.4, 0.5) is 0 Å². The Balaban J connectivity index is 1.61. The number of hydrogen-bond donors (Lipinski definition) is 2. The van der Waals surface area contributed by atoms with Crippen molar-refractivity contribution in [1.29, 1.82) is 0 Å². The fourth-order valence-corrected chi connectivity index (χ4v) is 3.03. The van der Waals surface area contributed by atoms with Crippen LogP contribution < -0.4 is 10.1 Å². The maximum absolute atomic E-state index is 12.3. The topological polar surface area (TPSA) is 107 Å². The SMILES string of the molecule is COC(=O)[C@H](Cc1c[nH]c2ccccc12)NC(=O)COC(=O)c1ccc(OC)cc1. The number of aromatic amines is 1. The first-order valence-corrected chi connectivity index (χ1v) is 9.25. The molecule has 0 saturated heterocycles. The summed E-state index contributed by atoms with van der Waals surface area (Å²) in [5.74, 6) is -1.25. The van der Waals surface area contributed by atoms with Crippen molar-refractivity contribution in [3.8, 4) is 5.75 Å². The molecule has 0 fully saturated rings. The highest BCUT2D eigenvalue weighted by atomic mass is 16.5. The Labute approximate surface area is 173 Å². The molecule has 0 saturated carbocycles. The Bertz CT molecular complexity index is 1040. The number of fused-ring (bicyclic) bond motifs is 1. The predicted molar refractivity (Wildman–Crippen MR) is 109 cm³/mol. The van der Waals surface area contributed by atoms with Crippen LogP contribution in [0.3, 0.4) is 0 Å². The molecule has 1 heterocycles. The van der Waals surface area contributed by atoms with Gasteiger partial charge in [-0.05, 0) is 35.9 Å². The Morgan fingerprint density at radius 1 is 1.03 bits per heavy atom. The summed E-state index contributed by atoms with van der Waals surface area (Å²) in [6.45, 7) is -0.522. The summed E-state index contributed by atoms with van der Waals surface area (Å²) in [4.78, 5) is 39.7. The summed E-state index contributed by atoms with van der Waals surface area (Å²) >= 11 is 0. The van der Waals surface area contributed by atoms with Gasteiger partial charge in [-0.2, -0.15) is 0 Å². The fourth-order valence-electron chi connectivity index (χ4n) is 3.03. The van der Waals surface area contributed by atoms with E-state index in [-0.39, 0.29) is 12.0 Å². The van der Waals surface area contributed by atoms with Crippen LogP contribution in [0, 0.1) is 0 Å². The van der Waals surface area contributed by atoms with E-state index in [2.05, 4.69) is 10.3 Å². The van der Waals surface area contributed by atoms with Gasteiger partial charge in [0.1, 0.15) is 11.8 Å². The molecule has 156 valence electrons. The Kier molecular flexibility index (Phi) is 6.69. The fraction of sp³-hybridized carbons (Fsp3) is 0.227. The predicted octanol–water partition coefficient (Wildman–Crippen LogP) is 2.23. The average Bonchev–Trinajstić information content (AvgIpc) is 3.19. The van der Waals surface area contributed by atoms with E-state index < -0.39 is 30.5 Å². The minimum atomic E-state index is -0.915. The largest absolute Gasteiger partial charge is 0.497 e. The van der Waals surface area contributed by atoms with Gasteiger partial charge in [0.15, 0.2) is 6.61 Å². The molecular formula is C22H22N2O6. The first-order chi connectivity index (χ1) is 14.5. The van der Waals surface area contributed by atoms with Gasteiger partial charge in [-0.15, -0.1) is 0 Å². The van der Waals surface area contributed by atoms with Gasteiger partial charge >= 0.3 is 11.9 Å². The number of amides is 1. The molecule has 0 unspecified atom stereocenters. The van der Waals surface area contributed by atoms with E-state index in [0.29, 0.717) is 5.75 Å². The van der Waals surface area contributed by atoms with E-state index in [1.54, 1.807) is 18.3 Å². The van der Waals surface area contributed by atoms with Crippen molar-refractivity contribution < 1.29 is 28.6 Å². The molecule has 0 spiro atoms. The zero-order valence-corrected chi connectivity index (χ0v) is 16.6. The van der Waals surface area contributed by atoms with Crippen molar-refractivity contribution >= 4 is 28.7 Å². The Hall–Kier alpha value is -3.81. The molecule has 8 heteroatoms. The molecule has 0 bridgehead atoms. The minimum Gasteiger partial charge on any atom is -0.497 e. The third-order valence-electron chi connectivity index (χ3n) is 4.58. The average molecular weight is 410 g/mol. The molecular weight excluding hydrogens is 388 g/mol. The zero-order valence-electron chi connectivity index (χ0n) is 16.6. The number of nitrogens with one attached hydrogen (secondary N) is 2. The van der Waals surface area contributed by atoms with E-state index in [4.69, 9.17) is 14.2 Å². The second-order valence-electron chi connectivity index (χ2n) is 6.51. The van der Waals surface area contributed by atoms with Crippen LogP contribution in [-0.4, -0.2) is 49.7 Å². The summed E-state index contributed by atoms with van der Waals surface area (Å²) < 4.78 is 14.9. The summed E-state index contributed by atoms with van der Waals surface area (Å²) in [5, 5.41) is 3.52. The second-order valence-corrected chi connectivity index (χ2v) is 6.51. The number of rotatable bonds is 8. The molecule has 3 rings (SSSR count). The number of benzene rings is 2. The number of aromatic nitrogens is 1. The molecule has 0 radical (unpaired) electrons. The van der Waals surface area contributed by atoms with Crippen molar-refractivity contribution in [3.05, 3.63) is 65.9 Å². The van der Waals surface area contributed by atoms with Gasteiger partial charge in [0.2, 0.25) is 0 Å². The molecule has 0 aliphatic carbocycles. The molecule has 30 heavy (non-hydrogen) atoms. The highest BCUT2D eigenvalue weighted by Crippen LogP contribution is 2.19. The highest BCUT2D eigenvalue weighted by Gasteiger charge is 2.24. The van der Waals surface area contributed by atoms with Crippen LogP contribution in [0.1, 0.15) is 15.9 Å². The lowest BCUT2D eigenvalue weighted by Crippen LogP contribution is -2.44. The van der Waals surface area contributed by atoms with Crippen molar-refractivity contribution in [2.45, 2.75) is 12.5 Å². The van der Waals surface area contributed by atoms with Crippen LogP contribution in [0.15, 0.2) is 54.7 Å². The van der Waals surface area contributed by atoms with Crippen molar-refractivity contribution in [1.82, 2.24) is 10.3 Å². The van der Waals surface area contributed by atoms with E-state index in [1.807, 2.05) is 24.3 Å². The Morgan fingerprint density at radius 3 is 2.47 bits per heavy atom. The van der Waals surface area contributed by atoms with E-state index >= 15 is 0 Å². The van der Waals surface area contributed by atoms with Gasteiger partial charge in [-0.3, -0.25) is 4.79 Å². The second kappa shape index (κ2) is 9.60. The Morgan fingerprint density at radius 2 is 1.77 bits per heavy atom. The molecule has 2 aromatic carbocycles. The van der Waals surface area contributed by atoms with Crippen LogP contribution in [-0.2, 0) is 25.5 Å². The number of carbonyl (C=O) groups excluding carboxylic acids is 3. The van der Waals surface area contributed by atoms with Crippen molar-refractivity contribution in [2.75, 3.05) is 20.8 Å². The molecule has 2 N–H and O–H groups in total. The number of H-pyrrole nitrogens is 1. The van der Waals surface area contributed by atoms with E-state index in [1.165, 1.54) is 26.4 Å². The molecule has 0 aliphatic heterocycles. The molecule has 1 aromatic heterocycles. The summed E-state index contributed by atoms with van der Waals surface area (Å²) in [5.41, 5.74) is 2.07. The van der Waals surface area contributed by atoms with E-state index in [9.17, 15) is 14.4 Å². The zero-order chi connectivity index (χ0) is 21.5. The number of methoxy groups -OCH3 is 2. The third-order valence-corrected chi connectivity index (χ3v) is 4.58. The van der Waals surface area contributed by atoms with Gasteiger partial charge in [0, 0.05) is 23.5 Å². The van der Waals surface area contributed by atoms with Gasteiger partial charge in [0.25, 0.3) is 5.91 Å². The number of ether oxygens (including phenoxy) is 3. The van der Waals surface area contributed by atoms with E-state index in [0.717, 1.165) is 16.5 Å². The summed E-state index contributed by atoms with van der Waals surface area (Å²) in [6, 6.07) is 13.0. The van der Waals surface area contributed by atoms with Gasteiger partial charge in [-0.25, -0.2) is 9.59 Å². The molecule has 1 amide bonds. The summed E-state index contributed by atoms with van der Waals surface area (Å²) in [7, 11) is 2.77. The van der Waals surface area contributed by atoms with Crippen LogP contribution in [0.2, 0.25) is 0 Å². The van der Waals surface area contributed by atoms with Gasteiger partial charge < -0.3 is 24.5 Å². The maximum atomic E-state index is 12.3. The molecule has 0 aliphatic rings. The van der Waals surface area contributed by atoms with Crippen molar-refractivity contribution in [3.63, 3.8) is 0 Å². The lowest BCUT2D eigenvalue weighted by atomic mass is 10.0.